The van der Waals surface area contributed by atoms with Crippen molar-refractivity contribution >= 4 is 22.7 Å². The maximum atomic E-state index is 9.10. The van der Waals surface area contributed by atoms with Crippen LogP contribution in [0.5, 0.6) is 0 Å². The summed E-state index contributed by atoms with van der Waals surface area (Å²) in [6, 6.07) is 8.59. The molecule has 2 aromatic heterocycles. The molecule has 4 rings (SSSR count). The van der Waals surface area contributed by atoms with Crippen molar-refractivity contribution in [3.8, 4) is 0 Å². The van der Waals surface area contributed by atoms with E-state index in [9.17, 15) is 0 Å². The van der Waals surface area contributed by atoms with Crippen LogP contribution in [0, 0.1) is 0 Å². The first-order valence-electron chi connectivity index (χ1n) is 8.97. The molecule has 27 heavy (non-hydrogen) atoms. The minimum Gasteiger partial charge on any atom is -0.473 e. The number of hydrogen-bond donors (Lipinski definition) is 2. The second kappa shape index (κ2) is 8.07. The Hall–Kier alpha value is -3.09. The maximum absolute atomic E-state index is 9.10. The fourth-order valence-electron chi connectivity index (χ4n) is 3.67. The molecular weight excluding hydrogens is 346 g/mol. The van der Waals surface area contributed by atoms with Gasteiger partial charge in [0.15, 0.2) is 0 Å². The lowest BCUT2D eigenvalue weighted by Gasteiger charge is -2.22. The number of rotatable bonds is 3. The van der Waals surface area contributed by atoms with Gasteiger partial charge in [0, 0.05) is 31.7 Å². The van der Waals surface area contributed by atoms with Gasteiger partial charge in [0.2, 0.25) is 0 Å². The second-order valence-electron chi connectivity index (χ2n) is 6.78. The number of hydrogen-bond acceptors (Lipinski definition) is 3. The van der Waals surface area contributed by atoms with Gasteiger partial charge in [-0.3, -0.25) is 4.68 Å². The molecule has 0 spiro atoms. The van der Waals surface area contributed by atoms with Crippen LogP contribution >= 0.6 is 0 Å². The van der Waals surface area contributed by atoms with Crippen LogP contribution in [0.3, 0.4) is 0 Å². The lowest BCUT2D eigenvalue weighted by Crippen LogP contribution is -2.13. The van der Waals surface area contributed by atoms with E-state index in [0.717, 1.165) is 6.54 Å². The third-order valence-corrected chi connectivity index (χ3v) is 5.02. The van der Waals surface area contributed by atoms with E-state index < -0.39 is 11.9 Å². The van der Waals surface area contributed by atoms with Crippen molar-refractivity contribution in [3.05, 3.63) is 54.1 Å². The van der Waals surface area contributed by atoms with Crippen LogP contribution in [0.15, 0.2) is 42.9 Å². The SMILES string of the molecule is Cn1ncc2c1CCCC2CCn1cc2ccccc2c1.O=C(O)C(=O)O. The number of benzene rings is 1. The molecule has 142 valence electrons. The zero-order valence-electron chi connectivity index (χ0n) is 15.2. The van der Waals surface area contributed by atoms with Gasteiger partial charge in [0.05, 0.1) is 6.20 Å². The van der Waals surface area contributed by atoms with Crippen LogP contribution in [0.2, 0.25) is 0 Å². The van der Waals surface area contributed by atoms with Crippen molar-refractivity contribution in [2.24, 2.45) is 7.05 Å². The van der Waals surface area contributed by atoms with E-state index in [4.69, 9.17) is 19.8 Å². The predicted octanol–water partition coefficient (Wildman–Crippen LogP) is 3.04. The molecule has 0 fully saturated rings. The van der Waals surface area contributed by atoms with E-state index in [1.54, 1.807) is 0 Å². The first-order valence-corrected chi connectivity index (χ1v) is 8.97. The molecule has 2 N–H and O–H groups in total. The molecule has 1 aliphatic rings. The first-order chi connectivity index (χ1) is 13.0. The minimum absolute atomic E-state index is 0.674. The van der Waals surface area contributed by atoms with Crippen LogP contribution in [0.25, 0.3) is 10.8 Å². The molecule has 1 atom stereocenters. The van der Waals surface area contributed by atoms with Crippen LogP contribution in [-0.4, -0.2) is 36.5 Å². The van der Waals surface area contributed by atoms with Crippen LogP contribution < -0.4 is 0 Å². The number of fused-ring (bicyclic) bond motifs is 2. The van der Waals surface area contributed by atoms with E-state index >= 15 is 0 Å². The molecule has 7 heteroatoms. The molecule has 1 unspecified atom stereocenters. The number of aryl methyl sites for hydroxylation is 2. The Morgan fingerprint density at radius 1 is 1.15 bits per heavy atom. The Kier molecular flexibility index (Phi) is 5.59. The molecular formula is C20H23N3O4. The van der Waals surface area contributed by atoms with Crippen molar-refractivity contribution in [3.63, 3.8) is 0 Å². The van der Waals surface area contributed by atoms with E-state index in [1.807, 2.05) is 0 Å². The van der Waals surface area contributed by atoms with E-state index in [2.05, 4.69) is 64.3 Å². The maximum Gasteiger partial charge on any atom is 0.414 e. The van der Waals surface area contributed by atoms with Crippen molar-refractivity contribution in [1.29, 1.82) is 0 Å². The first kappa shape index (κ1) is 18.7. The fourth-order valence-corrected chi connectivity index (χ4v) is 3.67. The van der Waals surface area contributed by atoms with Gasteiger partial charge in [-0.15, -0.1) is 0 Å². The van der Waals surface area contributed by atoms with Crippen LogP contribution in [-0.2, 0) is 29.6 Å². The van der Waals surface area contributed by atoms with E-state index in [1.165, 1.54) is 47.7 Å². The molecule has 1 aromatic carbocycles. The Bertz CT molecular complexity index is 912. The number of nitrogens with zero attached hydrogens (tertiary/aromatic N) is 3. The monoisotopic (exact) mass is 369 g/mol. The molecule has 1 aliphatic carbocycles. The quantitative estimate of drug-likeness (QED) is 0.692. The van der Waals surface area contributed by atoms with Crippen molar-refractivity contribution in [2.45, 2.75) is 38.1 Å². The average Bonchev–Trinajstić information content (AvgIpc) is 3.24. The number of carbonyl (C=O) groups is 2. The van der Waals surface area contributed by atoms with Crippen molar-refractivity contribution in [2.75, 3.05) is 0 Å². The van der Waals surface area contributed by atoms with Gasteiger partial charge in [0.1, 0.15) is 0 Å². The second-order valence-corrected chi connectivity index (χ2v) is 6.78. The molecule has 0 saturated heterocycles. The van der Waals surface area contributed by atoms with Crippen LogP contribution in [0.1, 0.15) is 36.4 Å². The number of aliphatic carboxylic acids is 2. The molecule has 3 aromatic rings. The highest BCUT2D eigenvalue weighted by Crippen LogP contribution is 2.34. The predicted molar refractivity (Wildman–Crippen MR) is 101 cm³/mol. The minimum atomic E-state index is -1.82. The fraction of sp³-hybridized carbons (Fsp3) is 0.350. The highest BCUT2D eigenvalue weighted by atomic mass is 16.4. The highest BCUT2D eigenvalue weighted by molar-refractivity contribution is 6.27. The Morgan fingerprint density at radius 3 is 2.37 bits per heavy atom. The Labute approximate surface area is 156 Å². The van der Waals surface area contributed by atoms with Gasteiger partial charge in [-0.1, -0.05) is 24.3 Å². The molecule has 7 nitrogen and oxygen atoms in total. The van der Waals surface area contributed by atoms with E-state index in [0.29, 0.717) is 5.92 Å². The summed E-state index contributed by atoms with van der Waals surface area (Å²) in [5.41, 5.74) is 2.93. The summed E-state index contributed by atoms with van der Waals surface area (Å²) in [4.78, 5) is 18.2. The molecule has 0 aliphatic heterocycles. The summed E-state index contributed by atoms with van der Waals surface area (Å²) in [6.45, 7) is 1.09. The highest BCUT2D eigenvalue weighted by Gasteiger charge is 2.23. The lowest BCUT2D eigenvalue weighted by molar-refractivity contribution is -0.159. The van der Waals surface area contributed by atoms with Gasteiger partial charge in [-0.05, 0) is 47.9 Å². The summed E-state index contributed by atoms with van der Waals surface area (Å²) in [6.07, 6.45) is 11.6. The summed E-state index contributed by atoms with van der Waals surface area (Å²) < 4.78 is 4.40. The standard InChI is InChI=1S/C18H21N3.C2H2O4/c1-20-18-8-4-7-14(17(18)11-19-20)9-10-21-12-15-5-2-3-6-16(15)13-21;3-1(4)2(5)6/h2-3,5-6,11-14H,4,7-10H2,1H3;(H,3,4)(H,5,6). The lowest BCUT2D eigenvalue weighted by atomic mass is 9.85. The molecule has 0 amide bonds. The largest absolute Gasteiger partial charge is 0.473 e. The van der Waals surface area contributed by atoms with Crippen LogP contribution in [0.4, 0.5) is 0 Å². The molecule has 0 saturated carbocycles. The van der Waals surface area contributed by atoms with Gasteiger partial charge >= 0.3 is 11.9 Å². The Morgan fingerprint density at radius 2 is 1.78 bits per heavy atom. The number of aromatic nitrogens is 3. The average molecular weight is 369 g/mol. The molecule has 0 bridgehead atoms. The summed E-state index contributed by atoms with van der Waals surface area (Å²) in [5.74, 6) is -2.97. The van der Waals surface area contributed by atoms with Crippen molar-refractivity contribution in [1.82, 2.24) is 14.3 Å². The van der Waals surface area contributed by atoms with Gasteiger partial charge < -0.3 is 14.8 Å². The van der Waals surface area contributed by atoms with E-state index in [-0.39, 0.29) is 0 Å². The topological polar surface area (TPSA) is 97.4 Å². The van der Waals surface area contributed by atoms with Gasteiger partial charge in [-0.25, -0.2) is 9.59 Å². The third kappa shape index (κ3) is 4.36. The Balaban J connectivity index is 0.000000307. The summed E-state index contributed by atoms with van der Waals surface area (Å²) in [5, 5.41) is 21.9. The third-order valence-electron chi connectivity index (χ3n) is 5.02. The molecule has 0 radical (unpaired) electrons. The zero-order valence-corrected chi connectivity index (χ0v) is 15.2. The smallest absolute Gasteiger partial charge is 0.414 e. The normalized spacial score (nSPS) is 15.7. The zero-order chi connectivity index (χ0) is 19.4. The summed E-state index contributed by atoms with van der Waals surface area (Å²) >= 11 is 0. The molecule has 2 heterocycles. The number of carboxylic acid groups (broad SMARTS) is 2. The summed E-state index contributed by atoms with van der Waals surface area (Å²) in [7, 11) is 2.07. The number of carboxylic acids is 2. The van der Waals surface area contributed by atoms with Gasteiger partial charge in [-0.2, -0.15) is 5.10 Å². The van der Waals surface area contributed by atoms with Gasteiger partial charge in [0.25, 0.3) is 0 Å². The van der Waals surface area contributed by atoms with Crippen molar-refractivity contribution < 1.29 is 19.8 Å².